The Balaban J connectivity index is 2.39. The highest BCUT2D eigenvalue weighted by Crippen LogP contribution is 2.38. The number of primary amides is 1. The van der Waals surface area contributed by atoms with Crippen LogP contribution in [0.25, 0.3) is 0 Å². The van der Waals surface area contributed by atoms with Gasteiger partial charge >= 0.3 is 0 Å². The SMILES string of the molecule is CC1(C)CC(CC(N)=O)N(c2ncc(Br)cc2C#N)C1. The zero-order chi connectivity index (χ0) is 14.9. The van der Waals surface area contributed by atoms with Crippen LogP contribution in [0.2, 0.25) is 0 Å². The minimum Gasteiger partial charge on any atom is -0.370 e. The Labute approximate surface area is 126 Å². The lowest BCUT2D eigenvalue weighted by Crippen LogP contribution is -2.34. The van der Waals surface area contributed by atoms with Crippen molar-refractivity contribution < 1.29 is 4.79 Å². The summed E-state index contributed by atoms with van der Waals surface area (Å²) in [4.78, 5) is 17.7. The Morgan fingerprint density at radius 2 is 2.40 bits per heavy atom. The molecule has 1 aliphatic rings. The molecule has 1 saturated heterocycles. The number of aromatic nitrogens is 1. The molecule has 0 saturated carbocycles. The average molecular weight is 337 g/mol. The molecule has 1 fully saturated rings. The minimum atomic E-state index is -0.326. The highest BCUT2D eigenvalue weighted by Gasteiger charge is 2.39. The zero-order valence-electron chi connectivity index (χ0n) is 11.6. The van der Waals surface area contributed by atoms with Crippen LogP contribution in [0.15, 0.2) is 16.7 Å². The summed E-state index contributed by atoms with van der Waals surface area (Å²) >= 11 is 3.32. The van der Waals surface area contributed by atoms with Gasteiger partial charge in [0.1, 0.15) is 11.9 Å². The molecular formula is C14H17BrN4O. The number of amides is 1. The maximum atomic E-state index is 11.3. The minimum absolute atomic E-state index is 0.00303. The molecule has 1 unspecified atom stereocenters. The Hall–Kier alpha value is -1.61. The van der Waals surface area contributed by atoms with Crippen molar-refractivity contribution in [1.29, 1.82) is 5.26 Å². The van der Waals surface area contributed by atoms with Crippen LogP contribution < -0.4 is 10.6 Å². The second-order valence-electron chi connectivity index (χ2n) is 5.96. The first kappa shape index (κ1) is 14.8. The predicted octanol–water partition coefficient (Wildman–Crippen LogP) is 2.20. The van der Waals surface area contributed by atoms with Crippen LogP contribution in [-0.2, 0) is 4.79 Å². The Morgan fingerprint density at radius 3 is 3.00 bits per heavy atom. The van der Waals surface area contributed by atoms with Gasteiger partial charge in [0.25, 0.3) is 0 Å². The number of halogens is 1. The Bertz CT molecular complexity index is 579. The number of anilines is 1. The Kier molecular flexibility index (Phi) is 4.00. The fourth-order valence-corrected chi connectivity index (χ4v) is 3.14. The van der Waals surface area contributed by atoms with E-state index in [4.69, 9.17) is 5.73 Å². The van der Waals surface area contributed by atoms with Crippen LogP contribution >= 0.6 is 15.9 Å². The van der Waals surface area contributed by atoms with Crippen LogP contribution in [0.4, 0.5) is 5.82 Å². The standard InChI is InChI=1S/C14H17BrN4O/c1-14(2)5-11(4-12(17)20)19(8-14)13-9(6-16)3-10(15)7-18-13/h3,7,11H,4-5,8H2,1-2H3,(H2,17,20). The number of carbonyl (C=O) groups excluding carboxylic acids is 1. The molecular weight excluding hydrogens is 320 g/mol. The number of rotatable bonds is 3. The van der Waals surface area contributed by atoms with Gasteiger partial charge in [0, 0.05) is 29.7 Å². The summed E-state index contributed by atoms with van der Waals surface area (Å²) < 4.78 is 0.766. The van der Waals surface area contributed by atoms with Gasteiger partial charge in [-0.05, 0) is 33.8 Å². The van der Waals surface area contributed by atoms with Crippen LogP contribution in [0.5, 0.6) is 0 Å². The van der Waals surface area contributed by atoms with Gasteiger partial charge < -0.3 is 10.6 Å². The molecule has 1 aliphatic heterocycles. The van der Waals surface area contributed by atoms with Gasteiger partial charge in [-0.1, -0.05) is 13.8 Å². The Morgan fingerprint density at radius 1 is 1.70 bits per heavy atom. The lowest BCUT2D eigenvalue weighted by Gasteiger charge is -2.26. The lowest BCUT2D eigenvalue weighted by atomic mass is 9.90. The van der Waals surface area contributed by atoms with Gasteiger partial charge in [0.15, 0.2) is 0 Å². The molecule has 106 valence electrons. The van der Waals surface area contributed by atoms with Gasteiger partial charge in [0.05, 0.1) is 5.56 Å². The normalized spacial score (nSPS) is 20.7. The molecule has 20 heavy (non-hydrogen) atoms. The first-order chi connectivity index (χ1) is 9.32. The number of hydrogen-bond donors (Lipinski definition) is 1. The quantitative estimate of drug-likeness (QED) is 0.916. The average Bonchev–Trinajstić information content (AvgIpc) is 2.63. The van der Waals surface area contributed by atoms with Gasteiger partial charge in [-0.25, -0.2) is 4.98 Å². The smallest absolute Gasteiger partial charge is 0.219 e. The highest BCUT2D eigenvalue weighted by atomic mass is 79.9. The number of nitriles is 1. The second-order valence-corrected chi connectivity index (χ2v) is 6.87. The van der Waals surface area contributed by atoms with E-state index in [0.717, 1.165) is 17.4 Å². The fraction of sp³-hybridized carbons (Fsp3) is 0.500. The first-order valence-corrected chi connectivity index (χ1v) is 7.22. The molecule has 1 aromatic heterocycles. The number of hydrogen-bond acceptors (Lipinski definition) is 4. The summed E-state index contributed by atoms with van der Waals surface area (Å²) in [5.41, 5.74) is 5.91. The molecule has 6 heteroatoms. The van der Waals surface area contributed by atoms with Crippen molar-refractivity contribution in [1.82, 2.24) is 4.98 Å². The van der Waals surface area contributed by atoms with E-state index in [0.29, 0.717) is 11.4 Å². The fourth-order valence-electron chi connectivity index (χ4n) is 2.81. The second kappa shape index (κ2) is 5.41. The molecule has 1 amide bonds. The number of pyridine rings is 1. The lowest BCUT2D eigenvalue weighted by molar-refractivity contribution is -0.118. The molecule has 2 rings (SSSR count). The van der Waals surface area contributed by atoms with Gasteiger partial charge in [-0.15, -0.1) is 0 Å². The van der Waals surface area contributed by atoms with E-state index in [1.165, 1.54) is 0 Å². The van der Waals surface area contributed by atoms with E-state index in [1.807, 2.05) is 4.90 Å². The molecule has 1 aromatic rings. The van der Waals surface area contributed by atoms with Crippen LogP contribution in [0.1, 0.15) is 32.3 Å². The highest BCUT2D eigenvalue weighted by molar-refractivity contribution is 9.10. The summed E-state index contributed by atoms with van der Waals surface area (Å²) in [5, 5.41) is 9.27. The summed E-state index contributed by atoms with van der Waals surface area (Å²) in [6.45, 7) is 5.05. The van der Waals surface area contributed by atoms with E-state index in [2.05, 4.69) is 40.8 Å². The summed E-state index contributed by atoms with van der Waals surface area (Å²) in [6.07, 6.45) is 2.81. The molecule has 2 N–H and O–H groups in total. The van der Waals surface area contributed by atoms with Crippen molar-refractivity contribution in [3.05, 3.63) is 22.3 Å². The third-order valence-corrected chi connectivity index (χ3v) is 3.92. The van der Waals surface area contributed by atoms with Crippen molar-refractivity contribution in [2.24, 2.45) is 11.1 Å². The molecule has 0 aliphatic carbocycles. The van der Waals surface area contributed by atoms with Crippen molar-refractivity contribution in [3.8, 4) is 6.07 Å². The summed E-state index contributed by atoms with van der Waals surface area (Å²) in [5.74, 6) is 0.306. The van der Waals surface area contributed by atoms with Crippen LogP contribution in [0.3, 0.4) is 0 Å². The van der Waals surface area contributed by atoms with Gasteiger partial charge in [-0.3, -0.25) is 4.79 Å². The molecule has 0 bridgehead atoms. The van der Waals surface area contributed by atoms with Crippen molar-refractivity contribution in [2.45, 2.75) is 32.7 Å². The van der Waals surface area contributed by atoms with Gasteiger partial charge in [0.2, 0.25) is 5.91 Å². The third kappa shape index (κ3) is 3.10. The molecule has 0 radical (unpaired) electrons. The van der Waals surface area contributed by atoms with E-state index >= 15 is 0 Å². The predicted molar refractivity (Wildman–Crippen MR) is 80.0 cm³/mol. The van der Waals surface area contributed by atoms with Crippen LogP contribution in [0, 0.1) is 16.7 Å². The first-order valence-electron chi connectivity index (χ1n) is 6.43. The van der Waals surface area contributed by atoms with E-state index < -0.39 is 0 Å². The van der Waals surface area contributed by atoms with E-state index in [1.54, 1.807) is 12.3 Å². The van der Waals surface area contributed by atoms with E-state index in [-0.39, 0.29) is 23.8 Å². The monoisotopic (exact) mass is 336 g/mol. The topological polar surface area (TPSA) is 83.0 Å². The van der Waals surface area contributed by atoms with E-state index in [9.17, 15) is 10.1 Å². The van der Waals surface area contributed by atoms with Crippen molar-refractivity contribution in [2.75, 3.05) is 11.4 Å². The molecule has 0 aromatic carbocycles. The molecule has 0 spiro atoms. The largest absolute Gasteiger partial charge is 0.370 e. The number of nitrogens with two attached hydrogens (primary N) is 1. The maximum Gasteiger partial charge on any atom is 0.219 e. The van der Waals surface area contributed by atoms with Gasteiger partial charge in [-0.2, -0.15) is 5.26 Å². The summed E-state index contributed by atoms with van der Waals surface area (Å²) in [7, 11) is 0. The number of carbonyl (C=O) groups is 1. The van der Waals surface area contributed by atoms with Crippen LogP contribution in [-0.4, -0.2) is 23.5 Å². The molecule has 5 nitrogen and oxygen atoms in total. The van der Waals surface area contributed by atoms with Crippen molar-refractivity contribution >= 4 is 27.7 Å². The summed E-state index contributed by atoms with van der Waals surface area (Å²) in [6, 6.07) is 3.91. The zero-order valence-corrected chi connectivity index (χ0v) is 13.1. The number of nitrogens with zero attached hydrogens (tertiary/aromatic N) is 3. The van der Waals surface area contributed by atoms with Crippen molar-refractivity contribution in [3.63, 3.8) is 0 Å². The molecule has 2 heterocycles. The maximum absolute atomic E-state index is 11.3. The third-order valence-electron chi connectivity index (χ3n) is 3.49. The molecule has 1 atom stereocenters.